The van der Waals surface area contributed by atoms with Gasteiger partial charge in [0.2, 0.25) is 5.91 Å². The van der Waals surface area contributed by atoms with Gasteiger partial charge in [-0.05, 0) is 51.3 Å². The van der Waals surface area contributed by atoms with Crippen LogP contribution < -0.4 is 16.0 Å². The van der Waals surface area contributed by atoms with Crippen molar-refractivity contribution in [3.63, 3.8) is 0 Å². The summed E-state index contributed by atoms with van der Waals surface area (Å²) in [5.41, 5.74) is 0.844. The molecule has 0 aromatic heterocycles. The van der Waals surface area contributed by atoms with Gasteiger partial charge in [-0.3, -0.25) is 9.59 Å². The first-order valence-electron chi connectivity index (χ1n) is 13.2. The average Bonchev–Trinajstić information content (AvgIpc) is 3.41. The first-order chi connectivity index (χ1) is 17.9. The third-order valence-corrected chi connectivity index (χ3v) is 8.16. The number of carbonyl (C=O) groups excluding carboxylic acids is 4. The summed E-state index contributed by atoms with van der Waals surface area (Å²) in [6, 6.07) is 7.42. The van der Waals surface area contributed by atoms with E-state index in [2.05, 4.69) is 16.0 Å². The maximum atomic E-state index is 12.8. The molecule has 2 saturated heterocycles. The van der Waals surface area contributed by atoms with E-state index in [0.717, 1.165) is 30.6 Å². The van der Waals surface area contributed by atoms with Crippen molar-refractivity contribution >= 4 is 35.7 Å². The number of nitrogens with zero attached hydrogens (tertiary/aromatic N) is 2. The summed E-state index contributed by atoms with van der Waals surface area (Å²) in [5.74, 6) is 0.885. The molecule has 0 spiro atoms. The summed E-state index contributed by atoms with van der Waals surface area (Å²) in [6.07, 6.45) is 2.72. The molecule has 38 heavy (non-hydrogen) atoms. The molecule has 2 aliphatic rings. The third-order valence-electron chi connectivity index (χ3n) is 6.65. The van der Waals surface area contributed by atoms with E-state index in [-0.39, 0.29) is 29.9 Å². The average molecular weight is 548 g/mol. The van der Waals surface area contributed by atoms with Crippen LogP contribution in [0.15, 0.2) is 24.3 Å². The predicted molar refractivity (Wildman–Crippen MR) is 148 cm³/mol. The number of urea groups is 1. The van der Waals surface area contributed by atoms with Gasteiger partial charge in [-0.2, -0.15) is 11.8 Å². The normalized spacial score (nSPS) is 20.2. The molecule has 2 fully saturated rings. The molecule has 11 heteroatoms. The summed E-state index contributed by atoms with van der Waals surface area (Å²) in [5, 5.41) is 9.06. The summed E-state index contributed by atoms with van der Waals surface area (Å²) in [4.78, 5) is 51.9. The van der Waals surface area contributed by atoms with Crippen LogP contribution in [-0.4, -0.2) is 89.6 Å². The molecular formula is C27H41N5O5S. The molecule has 1 aromatic carbocycles. The van der Waals surface area contributed by atoms with Crippen molar-refractivity contribution in [2.45, 2.75) is 75.9 Å². The van der Waals surface area contributed by atoms with E-state index in [1.807, 2.05) is 11.8 Å². The summed E-state index contributed by atoms with van der Waals surface area (Å²) >= 11 is 1.89. The van der Waals surface area contributed by atoms with E-state index in [4.69, 9.17) is 4.74 Å². The van der Waals surface area contributed by atoms with Crippen LogP contribution in [0.4, 0.5) is 9.59 Å². The smallest absolute Gasteiger partial charge is 0.407 e. The minimum Gasteiger partial charge on any atom is -0.444 e. The molecular weight excluding hydrogens is 506 g/mol. The Balaban J connectivity index is 1.32. The highest BCUT2D eigenvalue weighted by Gasteiger charge is 2.42. The molecule has 0 saturated carbocycles. The predicted octanol–water partition coefficient (Wildman–Crippen LogP) is 2.97. The van der Waals surface area contributed by atoms with Gasteiger partial charge in [-0.1, -0.05) is 18.6 Å². The number of thioether (sulfide) groups is 1. The fraction of sp³-hybridized carbons (Fsp3) is 0.630. The second-order valence-corrected chi connectivity index (χ2v) is 12.2. The Morgan fingerprint density at radius 1 is 1.05 bits per heavy atom. The number of hydrogen-bond acceptors (Lipinski definition) is 6. The Hall–Kier alpha value is -2.95. The van der Waals surface area contributed by atoms with Crippen LogP contribution in [0.25, 0.3) is 0 Å². The van der Waals surface area contributed by atoms with E-state index in [1.54, 1.807) is 68.9 Å². The Bertz CT molecular complexity index is 997. The van der Waals surface area contributed by atoms with Crippen molar-refractivity contribution in [3.05, 3.63) is 35.4 Å². The second-order valence-electron chi connectivity index (χ2n) is 11.0. The number of hydrogen-bond donors (Lipinski definition) is 3. The number of fused-ring (bicyclic) bond motifs is 1. The zero-order valence-corrected chi connectivity index (χ0v) is 23.9. The molecule has 0 bridgehead atoms. The lowest BCUT2D eigenvalue weighted by Crippen LogP contribution is -2.37. The Labute approximate surface area is 229 Å². The van der Waals surface area contributed by atoms with Crippen LogP contribution in [0.3, 0.4) is 0 Å². The lowest BCUT2D eigenvalue weighted by molar-refractivity contribution is -0.130. The van der Waals surface area contributed by atoms with Gasteiger partial charge < -0.3 is 30.5 Å². The van der Waals surface area contributed by atoms with Crippen molar-refractivity contribution in [3.8, 4) is 0 Å². The van der Waals surface area contributed by atoms with Crippen LogP contribution in [0, 0.1) is 0 Å². The van der Waals surface area contributed by atoms with Crippen LogP contribution in [0.1, 0.15) is 62.4 Å². The number of amides is 5. The minimum absolute atomic E-state index is 0.0699. The highest BCUT2D eigenvalue weighted by molar-refractivity contribution is 8.00. The van der Waals surface area contributed by atoms with Crippen LogP contribution >= 0.6 is 11.8 Å². The van der Waals surface area contributed by atoms with Crippen molar-refractivity contribution in [1.29, 1.82) is 0 Å². The number of alkyl carbamates (subject to hydrolysis) is 1. The molecule has 10 nitrogen and oxygen atoms in total. The lowest BCUT2D eigenvalue weighted by atomic mass is 10.0. The van der Waals surface area contributed by atoms with Crippen LogP contribution in [0.2, 0.25) is 0 Å². The van der Waals surface area contributed by atoms with Gasteiger partial charge in [0.25, 0.3) is 5.91 Å². The fourth-order valence-corrected chi connectivity index (χ4v) is 6.00. The van der Waals surface area contributed by atoms with Crippen molar-refractivity contribution in [2.75, 3.05) is 32.9 Å². The fourth-order valence-electron chi connectivity index (χ4n) is 4.46. The number of rotatable bonds is 11. The first-order valence-corrected chi connectivity index (χ1v) is 14.2. The molecule has 2 heterocycles. The number of benzene rings is 1. The summed E-state index contributed by atoms with van der Waals surface area (Å²) in [6.45, 7) is 6.61. The quantitative estimate of drug-likeness (QED) is 0.289. The molecule has 1 aromatic rings. The highest BCUT2D eigenvalue weighted by atomic mass is 32.2. The van der Waals surface area contributed by atoms with E-state index < -0.39 is 11.7 Å². The number of likely N-dealkylation sites (N-methyl/N-ethyl adjacent to an activating group) is 2. The Morgan fingerprint density at radius 2 is 1.74 bits per heavy atom. The van der Waals surface area contributed by atoms with E-state index >= 15 is 0 Å². The number of carbonyl (C=O) groups is 4. The molecule has 3 rings (SSSR count). The van der Waals surface area contributed by atoms with Crippen molar-refractivity contribution in [1.82, 2.24) is 25.8 Å². The molecule has 2 aliphatic heterocycles. The molecule has 3 N–H and O–H groups in total. The third kappa shape index (κ3) is 8.82. The zero-order valence-electron chi connectivity index (χ0n) is 23.0. The number of nitrogens with one attached hydrogen (secondary N) is 3. The second kappa shape index (κ2) is 13.2. The molecule has 0 aliphatic carbocycles. The van der Waals surface area contributed by atoms with Gasteiger partial charge in [-0.15, -0.1) is 0 Å². The monoisotopic (exact) mass is 547 g/mol. The van der Waals surface area contributed by atoms with Gasteiger partial charge in [0, 0.05) is 56.7 Å². The lowest BCUT2D eigenvalue weighted by Gasteiger charge is -2.23. The Morgan fingerprint density at radius 3 is 2.42 bits per heavy atom. The van der Waals surface area contributed by atoms with Crippen LogP contribution in [-0.2, 0) is 16.1 Å². The van der Waals surface area contributed by atoms with Gasteiger partial charge >= 0.3 is 12.1 Å². The topological polar surface area (TPSA) is 120 Å². The first kappa shape index (κ1) is 29.6. The van der Waals surface area contributed by atoms with Gasteiger partial charge in [0.05, 0.1) is 12.1 Å². The van der Waals surface area contributed by atoms with Crippen molar-refractivity contribution in [2.24, 2.45) is 0 Å². The van der Waals surface area contributed by atoms with E-state index in [1.165, 1.54) is 0 Å². The largest absolute Gasteiger partial charge is 0.444 e. The maximum absolute atomic E-state index is 12.8. The number of unbranched alkanes of at least 4 members (excludes halogenated alkanes) is 1. The van der Waals surface area contributed by atoms with Gasteiger partial charge in [0.15, 0.2) is 0 Å². The SMILES string of the molecule is CN(CCN(C)C(=O)c1ccc(CNC(=O)OC(C)(C)C)cc1)C(=O)CCCC[C@H]1SC[C@H]2NC(=O)N[C@H]21. The number of ether oxygens (including phenoxy) is 1. The highest BCUT2D eigenvalue weighted by Crippen LogP contribution is 2.33. The van der Waals surface area contributed by atoms with E-state index in [9.17, 15) is 19.2 Å². The van der Waals surface area contributed by atoms with Crippen LogP contribution in [0.5, 0.6) is 0 Å². The Kier molecular flexibility index (Phi) is 10.3. The minimum atomic E-state index is -0.559. The maximum Gasteiger partial charge on any atom is 0.407 e. The molecule has 0 unspecified atom stereocenters. The molecule has 5 amide bonds. The van der Waals surface area contributed by atoms with Gasteiger partial charge in [-0.25, -0.2) is 9.59 Å². The summed E-state index contributed by atoms with van der Waals surface area (Å²) in [7, 11) is 3.49. The van der Waals surface area contributed by atoms with Crippen molar-refractivity contribution < 1.29 is 23.9 Å². The molecule has 0 radical (unpaired) electrons. The standard InChI is InChI=1S/C27H41N5O5S/c1-27(2,3)37-26(36)28-16-18-10-12-19(13-11-18)24(34)32(5)15-14-31(4)22(33)9-7-6-8-21-23-20(17-38-21)29-25(35)30-23/h10-13,20-21,23H,6-9,14-17H2,1-5H3,(H,28,36)(H2,29,30,35)/t20-,21-,23-/m1/s1. The summed E-state index contributed by atoms with van der Waals surface area (Å²) < 4.78 is 5.23. The van der Waals surface area contributed by atoms with E-state index in [0.29, 0.717) is 36.9 Å². The zero-order chi connectivity index (χ0) is 27.9. The van der Waals surface area contributed by atoms with Gasteiger partial charge in [0.1, 0.15) is 5.60 Å². The molecule has 210 valence electrons. The molecule has 3 atom stereocenters.